The molecule has 1 aliphatic carbocycles. The minimum atomic E-state index is 0.386. The number of aryl methyl sites for hydroxylation is 1. The molecule has 1 unspecified atom stereocenters. The zero-order valence-corrected chi connectivity index (χ0v) is 11.7. The molecule has 0 fully saturated rings. The van der Waals surface area contributed by atoms with Crippen LogP contribution in [-0.4, -0.2) is 4.98 Å². The van der Waals surface area contributed by atoms with E-state index in [0.717, 1.165) is 10.4 Å². The molecule has 0 aliphatic heterocycles. The highest BCUT2D eigenvalue weighted by Crippen LogP contribution is 2.31. The largest absolute Gasteiger partial charge is 0.363 e. The molecule has 0 saturated carbocycles. The quantitative estimate of drug-likeness (QED) is 0.835. The molecule has 1 aliphatic rings. The van der Waals surface area contributed by atoms with Crippen LogP contribution in [0.5, 0.6) is 0 Å². The van der Waals surface area contributed by atoms with Crippen LogP contribution in [0.4, 0.5) is 5.82 Å². The second-order valence-corrected chi connectivity index (χ2v) is 5.45. The molecule has 1 atom stereocenters. The highest BCUT2D eigenvalue weighted by molar-refractivity contribution is 9.10. The van der Waals surface area contributed by atoms with Crippen molar-refractivity contribution in [3.05, 3.63) is 58.2 Å². The Kier molecular flexibility index (Phi) is 3.33. The van der Waals surface area contributed by atoms with Crippen molar-refractivity contribution < 1.29 is 0 Å². The van der Waals surface area contributed by atoms with E-state index in [2.05, 4.69) is 50.5 Å². The van der Waals surface area contributed by atoms with Crippen molar-refractivity contribution >= 4 is 21.7 Å². The first kappa shape index (κ1) is 11.7. The molecule has 0 radical (unpaired) electrons. The molecule has 92 valence electrons. The number of benzene rings is 1. The predicted octanol–water partition coefficient (Wildman–Crippen LogP) is 4.33. The smallest absolute Gasteiger partial charge is 0.127 e. The molecular formula is C15H15BrN2. The van der Waals surface area contributed by atoms with Crippen molar-refractivity contribution in [1.82, 2.24) is 4.98 Å². The number of halogens is 1. The lowest BCUT2D eigenvalue weighted by atomic mass is 9.88. The Morgan fingerprint density at radius 1 is 1.11 bits per heavy atom. The average molecular weight is 303 g/mol. The van der Waals surface area contributed by atoms with Gasteiger partial charge in [0.1, 0.15) is 10.4 Å². The number of hydrogen-bond donors (Lipinski definition) is 1. The van der Waals surface area contributed by atoms with E-state index in [1.807, 2.05) is 18.2 Å². The normalized spacial score (nSPS) is 18.2. The standard InChI is InChI=1S/C15H15BrN2/c16-14-9-4-10-15(18-14)17-13-8-3-6-11-5-1-2-7-12(11)13/h1-2,4-5,7,9-10,13H,3,6,8H2,(H,17,18). The van der Waals surface area contributed by atoms with Gasteiger partial charge in [-0.05, 0) is 58.5 Å². The second kappa shape index (κ2) is 5.11. The fraction of sp³-hybridized carbons (Fsp3) is 0.267. The molecule has 18 heavy (non-hydrogen) atoms. The van der Waals surface area contributed by atoms with Gasteiger partial charge in [0.15, 0.2) is 0 Å². The van der Waals surface area contributed by atoms with Crippen LogP contribution in [0.3, 0.4) is 0 Å². The van der Waals surface area contributed by atoms with Crippen molar-refractivity contribution in [2.24, 2.45) is 0 Å². The summed E-state index contributed by atoms with van der Waals surface area (Å²) in [6, 6.07) is 15.1. The van der Waals surface area contributed by atoms with Gasteiger partial charge in [-0.15, -0.1) is 0 Å². The van der Waals surface area contributed by atoms with Crippen LogP contribution in [0.1, 0.15) is 30.0 Å². The molecule has 0 saturated heterocycles. The summed E-state index contributed by atoms with van der Waals surface area (Å²) in [7, 11) is 0. The summed E-state index contributed by atoms with van der Waals surface area (Å²) in [5, 5.41) is 3.54. The molecule has 1 aromatic heterocycles. The van der Waals surface area contributed by atoms with Gasteiger partial charge in [-0.3, -0.25) is 0 Å². The first-order valence-electron chi connectivity index (χ1n) is 6.30. The molecule has 1 aromatic carbocycles. The predicted molar refractivity (Wildman–Crippen MR) is 77.7 cm³/mol. The minimum absolute atomic E-state index is 0.386. The summed E-state index contributed by atoms with van der Waals surface area (Å²) in [6.07, 6.45) is 3.61. The van der Waals surface area contributed by atoms with Crippen LogP contribution < -0.4 is 5.32 Å². The maximum atomic E-state index is 4.45. The van der Waals surface area contributed by atoms with Crippen molar-refractivity contribution in [2.75, 3.05) is 5.32 Å². The van der Waals surface area contributed by atoms with Gasteiger partial charge in [0, 0.05) is 0 Å². The van der Waals surface area contributed by atoms with Crippen LogP contribution in [0.2, 0.25) is 0 Å². The summed E-state index contributed by atoms with van der Waals surface area (Å²) >= 11 is 3.41. The van der Waals surface area contributed by atoms with Gasteiger partial charge in [-0.1, -0.05) is 30.3 Å². The van der Waals surface area contributed by atoms with E-state index in [1.165, 1.54) is 30.4 Å². The Morgan fingerprint density at radius 3 is 2.89 bits per heavy atom. The number of nitrogens with one attached hydrogen (secondary N) is 1. The third-order valence-electron chi connectivity index (χ3n) is 3.41. The maximum Gasteiger partial charge on any atom is 0.127 e. The first-order chi connectivity index (χ1) is 8.83. The van der Waals surface area contributed by atoms with E-state index in [1.54, 1.807) is 0 Å². The lowest BCUT2D eigenvalue weighted by Crippen LogP contribution is -2.17. The van der Waals surface area contributed by atoms with E-state index in [4.69, 9.17) is 0 Å². The Hall–Kier alpha value is -1.35. The Bertz CT molecular complexity index is 554. The Labute approximate surface area is 116 Å². The van der Waals surface area contributed by atoms with Crippen LogP contribution in [-0.2, 0) is 6.42 Å². The Morgan fingerprint density at radius 2 is 2.00 bits per heavy atom. The van der Waals surface area contributed by atoms with Gasteiger partial charge < -0.3 is 5.32 Å². The first-order valence-corrected chi connectivity index (χ1v) is 7.09. The summed E-state index contributed by atoms with van der Waals surface area (Å²) in [4.78, 5) is 4.45. The molecule has 0 amide bonds. The van der Waals surface area contributed by atoms with Gasteiger partial charge in [0.05, 0.1) is 6.04 Å². The van der Waals surface area contributed by atoms with Crippen LogP contribution in [0.15, 0.2) is 47.1 Å². The summed E-state index contributed by atoms with van der Waals surface area (Å²) in [6.45, 7) is 0. The number of rotatable bonds is 2. The monoisotopic (exact) mass is 302 g/mol. The zero-order valence-electron chi connectivity index (χ0n) is 10.1. The SMILES string of the molecule is Brc1cccc(NC2CCCc3ccccc32)n1. The van der Waals surface area contributed by atoms with Crippen LogP contribution in [0.25, 0.3) is 0 Å². The van der Waals surface area contributed by atoms with Crippen LogP contribution in [0, 0.1) is 0 Å². The maximum absolute atomic E-state index is 4.45. The molecule has 1 heterocycles. The number of hydrogen-bond acceptors (Lipinski definition) is 2. The lowest BCUT2D eigenvalue weighted by molar-refractivity contribution is 0.598. The van der Waals surface area contributed by atoms with Gasteiger partial charge >= 0.3 is 0 Å². The number of aromatic nitrogens is 1. The van der Waals surface area contributed by atoms with Crippen molar-refractivity contribution in [2.45, 2.75) is 25.3 Å². The number of pyridine rings is 1. The molecule has 0 spiro atoms. The second-order valence-electron chi connectivity index (χ2n) is 4.63. The molecule has 3 heteroatoms. The molecular weight excluding hydrogens is 288 g/mol. The lowest BCUT2D eigenvalue weighted by Gasteiger charge is -2.26. The molecule has 0 bridgehead atoms. The minimum Gasteiger partial charge on any atom is -0.363 e. The van der Waals surface area contributed by atoms with Crippen molar-refractivity contribution in [1.29, 1.82) is 0 Å². The molecule has 2 nitrogen and oxygen atoms in total. The van der Waals surface area contributed by atoms with Gasteiger partial charge in [0.25, 0.3) is 0 Å². The van der Waals surface area contributed by atoms with Crippen LogP contribution >= 0.6 is 15.9 Å². The third kappa shape index (κ3) is 2.41. The van der Waals surface area contributed by atoms with Gasteiger partial charge in [0.2, 0.25) is 0 Å². The highest BCUT2D eigenvalue weighted by atomic mass is 79.9. The number of fused-ring (bicyclic) bond motifs is 1. The summed E-state index contributed by atoms with van der Waals surface area (Å²) < 4.78 is 0.872. The molecule has 1 N–H and O–H groups in total. The zero-order chi connectivity index (χ0) is 12.4. The fourth-order valence-corrected chi connectivity index (χ4v) is 2.91. The summed E-state index contributed by atoms with van der Waals surface area (Å²) in [5.41, 5.74) is 2.89. The third-order valence-corrected chi connectivity index (χ3v) is 3.85. The van der Waals surface area contributed by atoms with E-state index >= 15 is 0 Å². The molecule has 2 aromatic rings. The van der Waals surface area contributed by atoms with E-state index < -0.39 is 0 Å². The van der Waals surface area contributed by atoms with E-state index in [0.29, 0.717) is 6.04 Å². The topological polar surface area (TPSA) is 24.9 Å². The fourth-order valence-electron chi connectivity index (χ4n) is 2.57. The molecule has 3 rings (SSSR count). The average Bonchev–Trinajstić information content (AvgIpc) is 2.39. The van der Waals surface area contributed by atoms with Gasteiger partial charge in [-0.2, -0.15) is 0 Å². The number of anilines is 1. The van der Waals surface area contributed by atoms with Crippen molar-refractivity contribution in [3.63, 3.8) is 0 Å². The number of nitrogens with zero attached hydrogens (tertiary/aromatic N) is 1. The highest BCUT2D eigenvalue weighted by Gasteiger charge is 2.19. The van der Waals surface area contributed by atoms with Gasteiger partial charge in [-0.25, -0.2) is 4.98 Å². The van der Waals surface area contributed by atoms with Crippen molar-refractivity contribution in [3.8, 4) is 0 Å². The Balaban J connectivity index is 1.86. The summed E-state index contributed by atoms with van der Waals surface area (Å²) in [5.74, 6) is 0.936. The van der Waals surface area contributed by atoms with E-state index in [-0.39, 0.29) is 0 Å². The van der Waals surface area contributed by atoms with E-state index in [9.17, 15) is 0 Å².